The van der Waals surface area contributed by atoms with Gasteiger partial charge in [-0.2, -0.15) is 5.10 Å². The molecule has 3 nitrogen and oxygen atoms in total. The van der Waals surface area contributed by atoms with Crippen molar-refractivity contribution in [1.82, 2.24) is 9.78 Å². The standard InChI is InChI=1S/C11H13N3S/c1-14-7-6-10(13-14)8-15-11-4-2-9(12)3-5-11/h2-7H,8,12H2,1H3. The van der Waals surface area contributed by atoms with E-state index in [0.717, 1.165) is 17.1 Å². The van der Waals surface area contributed by atoms with Gasteiger partial charge in [0.15, 0.2) is 0 Å². The van der Waals surface area contributed by atoms with Gasteiger partial charge in [0.1, 0.15) is 0 Å². The third kappa shape index (κ3) is 2.76. The zero-order chi connectivity index (χ0) is 10.7. The number of hydrogen-bond donors (Lipinski definition) is 1. The van der Waals surface area contributed by atoms with E-state index in [4.69, 9.17) is 5.73 Å². The summed E-state index contributed by atoms with van der Waals surface area (Å²) >= 11 is 1.76. The Kier molecular flexibility index (Phi) is 2.97. The van der Waals surface area contributed by atoms with Gasteiger partial charge in [-0.1, -0.05) is 0 Å². The van der Waals surface area contributed by atoms with Crippen molar-refractivity contribution in [2.24, 2.45) is 7.05 Å². The number of thioether (sulfide) groups is 1. The van der Waals surface area contributed by atoms with Crippen molar-refractivity contribution >= 4 is 17.4 Å². The molecule has 1 aromatic carbocycles. The Balaban J connectivity index is 1.96. The largest absolute Gasteiger partial charge is 0.399 e. The molecule has 0 atom stereocenters. The molecule has 1 heterocycles. The van der Waals surface area contributed by atoms with Crippen molar-refractivity contribution in [3.8, 4) is 0 Å². The van der Waals surface area contributed by atoms with Crippen molar-refractivity contribution < 1.29 is 0 Å². The first-order valence-corrected chi connectivity index (χ1v) is 5.69. The Morgan fingerprint density at radius 1 is 1.27 bits per heavy atom. The normalized spacial score (nSPS) is 10.5. The molecular weight excluding hydrogens is 206 g/mol. The number of rotatable bonds is 3. The van der Waals surface area contributed by atoms with Crippen LogP contribution in [0.3, 0.4) is 0 Å². The molecule has 0 saturated carbocycles. The minimum atomic E-state index is 0.803. The Hall–Kier alpha value is -1.42. The van der Waals surface area contributed by atoms with E-state index in [-0.39, 0.29) is 0 Å². The minimum absolute atomic E-state index is 0.803. The number of nitrogen functional groups attached to an aromatic ring is 1. The Labute approximate surface area is 93.3 Å². The fourth-order valence-electron chi connectivity index (χ4n) is 1.26. The van der Waals surface area contributed by atoms with Crippen LogP contribution < -0.4 is 5.73 Å². The molecule has 78 valence electrons. The molecule has 0 radical (unpaired) electrons. The smallest absolute Gasteiger partial charge is 0.0727 e. The van der Waals surface area contributed by atoms with Gasteiger partial charge in [0.2, 0.25) is 0 Å². The highest BCUT2D eigenvalue weighted by Gasteiger charge is 1.98. The van der Waals surface area contributed by atoms with E-state index in [1.54, 1.807) is 11.8 Å². The predicted molar refractivity (Wildman–Crippen MR) is 63.6 cm³/mol. The average molecular weight is 219 g/mol. The van der Waals surface area contributed by atoms with Crippen LogP contribution >= 0.6 is 11.8 Å². The minimum Gasteiger partial charge on any atom is -0.399 e. The molecule has 0 bridgehead atoms. The summed E-state index contributed by atoms with van der Waals surface area (Å²) in [5.41, 5.74) is 7.51. The number of nitrogens with zero attached hydrogens (tertiary/aromatic N) is 2. The van der Waals surface area contributed by atoms with E-state index < -0.39 is 0 Å². The Bertz CT molecular complexity index is 433. The molecule has 2 aromatic rings. The first kappa shape index (κ1) is 10.1. The summed E-state index contributed by atoms with van der Waals surface area (Å²) in [6.45, 7) is 0. The average Bonchev–Trinajstić information content (AvgIpc) is 2.64. The molecular formula is C11H13N3S. The third-order valence-electron chi connectivity index (χ3n) is 2.04. The zero-order valence-corrected chi connectivity index (χ0v) is 9.37. The molecule has 4 heteroatoms. The maximum Gasteiger partial charge on any atom is 0.0727 e. The summed E-state index contributed by atoms with van der Waals surface area (Å²) in [7, 11) is 1.93. The van der Waals surface area contributed by atoms with Gasteiger partial charge < -0.3 is 5.73 Å². The number of aryl methyl sites for hydroxylation is 1. The first-order chi connectivity index (χ1) is 7.24. The Morgan fingerprint density at radius 3 is 2.60 bits per heavy atom. The molecule has 2 N–H and O–H groups in total. The molecule has 0 aliphatic heterocycles. The fourth-order valence-corrected chi connectivity index (χ4v) is 2.06. The molecule has 0 spiro atoms. The van der Waals surface area contributed by atoms with Crippen LogP contribution in [0.2, 0.25) is 0 Å². The molecule has 0 amide bonds. The molecule has 0 aliphatic rings. The van der Waals surface area contributed by atoms with Gasteiger partial charge in [-0.3, -0.25) is 4.68 Å². The summed E-state index contributed by atoms with van der Waals surface area (Å²) in [6.07, 6.45) is 1.96. The van der Waals surface area contributed by atoms with E-state index in [9.17, 15) is 0 Å². The first-order valence-electron chi connectivity index (χ1n) is 4.71. The molecule has 0 saturated heterocycles. The highest BCUT2D eigenvalue weighted by Crippen LogP contribution is 2.22. The topological polar surface area (TPSA) is 43.8 Å². The van der Waals surface area contributed by atoms with E-state index >= 15 is 0 Å². The number of anilines is 1. The lowest BCUT2D eigenvalue weighted by molar-refractivity contribution is 0.755. The van der Waals surface area contributed by atoms with Gasteiger partial charge in [-0.05, 0) is 30.3 Å². The molecule has 0 unspecified atom stereocenters. The van der Waals surface area contributed by atoms with Crippen LogP contribution in [0, 0.1) is 0 Å². The van der Waals surface area contributed by atoms with Crippen molar-refractivity contribution in [3.05, 3.63) is 42.2 Å². The van der Waals surface area contributed by atoms with Crippen LogP contribution in [0.1, 0.15) is 5.69 Å². The van der Waals surface area contributed by atoms with Gasteiger partial charge in [0.25, 0.3) is 0 Å². The lowest BCUT2D eigenvalue weighted by Gasteiger charge is -1.99. The van der Waals surface area contributed by atoms with E-state index in [0.29, 0.717) is 0 Å². The number of aromatic nitrogens is 2. The second-order valence-corrected chi connectivity index (χ2v) is 4.39. The second kappa shape index (κ2) is 4.40. The van der Waals surface area contributed by atoms with Crippen LogP contribution in [-0.4, -0.2) is 9.78 Å². The predicted octanol–water partition coefficient (Wildman–Crippen LogP) is 2.29. The van der Waals surface area contributed by atoms with Crippen LogP contribution in [0.25, 0.3) is 0 Å². The SMILES string of the molecule is Cn1ccc(CSc2ccc(N)cc2)n1. The highest BCUT2D eigenvalue weighted by atomic mass is 32.2. The highest BCUT2D eigenvalue weighted by molar-refractivity contribution is 7.98. The molecule has 15 heavy (non-hydrogen) atoms. The number of hydrogen-bond acceptors (Lipinski definition) is 3. The van der Waals surface area contributed by atoms with Crippen LogP contribution in [-0.2, 0) is 12.8 Å². The van der Waals surface area contributed by atoms with Crippen molar-refractivity contribution in [2.75, 3.05) is 5.73 Å². The number of benzene rings is 1. The van der Waals surface area contributed by atoms with Gasteiger partial charge in [0, 0.05) is 29.6 Å². The third-order valence-corrected chi connectivity index (χ3v) is 3.08. The monoisotopic (exact) mass is 219 g/mol. The van der Waals surface area contributed by atoms with Crippen LogP contribution in [0.4, 0.5) is 5.69 Å². The van der Waals surface area contributed by atoms with Gasteiger partial charge in [-0.25, -0.2) is 0 Å². The molecule has 2 rings (SSSR count). The van der Waals surface area contributed by atoms with Crippen molar-refractivity contribution in [2.45, 2.75) is 10.6 Å². The van der Waals surface area contributed by atoms with E-state index in [1.807, 2.05) is 48.3 Å². The maximum atomic E-state index is 5.61. The summed E-state index contributed by atoms with van der Waals surface area (Å²) in [4.78, 5) is 1.22. The fraction of sp³-hybridized carbons (Fsp3) is 0.182. The van der Waals surface area contributed by atoms with Gasteiger partial charge >= 0.3 is 0 Å². The van der Waals surface area contributed by atoms with Crippen molar-refractivity contribution in [3.63, 3.8) is 0 Å². The Morgan fingerprint density at radius 2 is 2.00 bits per heavy atom. The van der Waals surface area contributed by atoms with Crippen LogP contribution in [0.15, 0.2) is 41.4 Å². The molecule has 0 aliphatic carbocycles. The number of nitrogens with two attached hydrogens (primary N) is 1. The molecule has 0 fully saturated rings. The van der Waals surface area contributed by atoms with Crippen LogP contribution in [0.5, 0.6) is 0 Å². The zero-order valence-electron chi connectivity index (χ0n) is 8.55. The maximum absolute atomic E-state index is 5.61. The summed E-state index contributed by atoms with van der Waals surface area (Å²) in [5, 5.41) is 4.31. The quantitative estimate of drug-likeness (QED) is 0.636. The summed E-state index contributed by atoms with van der Waals surface area (Å²) in [6, 6.07) is 9.93. The summed E-state index contributed by atoms with van der Waals surface area (Å²) in [5.74, 6) is 0.894. The second-order valence-electron chi connectivity index (χ2n) is 3.34. The summed E-state index contributed by atoms with van der Waals surface area (Å²) < 4.78 is 1.82. The van der Waals surface area contributed by atoms with E-state index in [1.165, 1.54) is 4.90 Å². The van der Waals surface area contributed by atoms with Crippen molar-refractivity contribution in [1.29, 1.82) is 0 Å². The lowest BCUT2D eigenvalue weighted by Crippen LogP contribution is -1.89. The van der Waals surface area contributed by atoms with Gasteiger partial charge in [0.05, 0.1) is 5.69 Å². The lowest BCUT2D eigenvalue weighted by atomic mass is 10.3. The molecule has 1 aromatic heterocycles. The van der Waals surface area contributed by atoms with Gasteiger partial charge in [-0.15, -0.1) is 11.8 Å². The van der Waals surface area contributed by atoms with E-state index in [2.05, 4.69) is 5.10 Å².